The highest BCUT2D eigenvalue weighted by molar-refractivity contribution is 7.99. The van der Waals surface area contributed by atoms with Crippen LogP contribution in [-0.4, -0.2) is 16.6 Å². The van der Waals surface area contributed by atoms with Gasteiger partial charge in [-0.25, -0.2) is 9.37 Å². The Morgan fingerprint density at radius 3 is 2.68 bits per heavy atom. The number of ether oxygens (including phenoxy) is 1. The summed E-state index contributed by atoms with van der Waals surface area (Å²) in [6, 6.07) is 2.03. The summed E-state index contributed by atoms with van der Waals surface area (Å²) in [7, 11) is 0. The second-order valence-corrected chi connectivity index (χ2v) is 4.41. The van der Waals surface area contributed by atoms with Gasteiger partial charge in [0.15, 0.2) is 11.6 Å². The van der Waals surface area contributed by atoms with Crippen LogP contribution >= 0.6 is 11.8 Å². The van der Waals surface area contributed by atoms with Crippen molar-refractivity contribution in [2.24, 2.45) is 0 Å². The van der Waals surface area contributed by atoms with Gasteiger partial charge in [-0.1, -0.05) is 11.8 Å². The van der Waals surface area contributed by atoms with Gasteiger partial charge < -0.3 is 10.5 Å². The Hall–Kier alpha value is -1.96. The molecule has 2 aromatic rings. The van der Waals surface area contributed by atoms with E-state index in [1.165, 1.54) is 18.6 Å². The minimum atomic E-state index is -3.10. The summed E-state index contributed by atoms with van der Waals surface area (Å²) >= 11 is 1.07. The first-order chi connectivity index (χ1) is 9.06. The van der Waals surface area contributed by atoms with Crippen LogP contribution in [-0.2, 0) is 0 Å². The molecule has 8 heteroatoms. The maximum absolute atomic E-state index is 13.4. The van der Waals surface area contributed by atoms with Crippen molar-refractivity contribution in [1.82, 2.24) is 9.97 Å². The van der Waals surface area contributed by atoms with Crippen LogP contribution in [0.4, 0.5) is 18.9 Å². The van der Waals surface area contributed by atoms with Crippen LogP contribution in [0.5, 0.6) is 5.75 Å². The minimum absolute atomic E-state index is 0.106. The quantitative estimate of drug-likeness (QED) is 0.876. The van der Waals surface area contributed by atoms with Crippen LogP contribution in [0.1, 0.15) is 0 Å². The second-order valence-electron chi connectivity index (χ2n) is 3.34. The van der Waals surface area contributed by atoms with Crippen LogP contribution in [0.2, 0.25) is 0 Å². The zero-order valence-electron chi connectivity index (χ0n) is 9.39. The summed E-state index contributed by atoms with van der Waals surface area (Å²) in [5.74, 6) is -1.50. The molecule has 100 valence electrons. The number of nitrogens with zero attached hydrogens (tertiary/aromatic N) is 2. The average molecular weight is 287 g/mol. The molecule has 0 amide bonds. The standard InChI is InChI=1S/C11H8F3N3OS/c12-6-3-7(15)9(4-8(6)18-11(13)14)19-10-5-16-1-2-17-10/h1-5,11H,15H2. The lowest BCUT2D eigenvalue weighted by atomic mass is 10.3. The van der Waals surface area contributed by atoms with Crippen molar-refractivity contribution in [3.63, 3.8) is 0 Å². The normalized spacial score (nSPS) is 10.7. The molecule has 1 aromatic carbocycles. The summed E-state index contributed by atoms with van der Waals surface area (Å²) < 4.78 is 41.6. The summed E-state index contributed by atoms with van der Waals surface area (Å²) in [4.78, 5) is 8.20. The fourth-order valence-corrected chi connectivity index (χ4v) is 2.07. The third kappa shape index (κ3) is 3.50. The highest BCUT2D eigenvalue weighted by Gasteiger charge is 2.14. The second kappa shape index (κ2) is 5.79. The molecular weight excluding hydrogens is 279 g/mol. The van der Waals surface area contributed by atoms with Gasteiger partial charge in [0.2, 0.25) is 0 Å². The van der Waals surface area contributed by atoms with Gasteiger partial charge in [0, 0.05) is 29.0 Å². The molecule has 1 heterocycles. The van der Waals surface area contributed by atoms with Crippen LogP contribution in [0.25, 0.3) is 0 Å². The lowest BCUT2D eigenvalue weighted by Crippen LogP contribution is -2.04. The number of nitrogens with two attached hydrogens (primary N) is 1. The Kier molecular flexibility index (Phi) is 4.10. The molecule has 0 aliphatic heterocycles. The topological polar surface area (TPSA) is 61.0 Å². The molecule has 0 saturated carbocycles. The van der Waals surface area contributed by atoms with E-state index in [4.69, 9.17) is 5.73 Å². The fraction of sp³-hybridized carbons (Fsp3) is 0.0909. The van der Waals surface area contributed by atoms with E-state index in [2.05, 4.69) is 14.7 Å². The van der Waals surface area contributed by atoms with Gasteiger partial charge in [0.25, 0.3) is 0 Å². The number of hydrogen-bond acceptors (Lipinski definition) is 5. The van der Waals surface area contributed by atoms with Crippen molar-refractivity contribution in [1.29, 1.82) is 0 Å². The molecule has 0 bridgehead atoms. The zero-order valence-corrected chi connectivity index (χ0v) is 10.2. The number of nitrogen functional groups attached to an aromatic ring is 1. The molecular formula is C11H8F3N3OS. The number of halogens is 3. The van der Waals surface area contributed by atoms with E-state index in [1.807, 2.05) is 0 Å². The molecule has 0 fully saturated rings. The van der Waals surface area contributed by atoms with Crippen LogP contribution in [0, 0.1) is 5.82 Å². The van der Waals surface area contributed by atoms with Crippen molar-refractivity contribution >= 4 is 17.4 Å². The minimum Gasteiger partial charge on any atom is -0.432 e. The van der Waals surface area contributed by atoms with Crippen molar-refractivity contribution in [2.75, 3.05) is 5.73 Å². The number of rotatable bonds is 4. The van der Waals surface area contributed by atoms with E-state index in [0.29, 0.717) is 9.92 Å². The van der Waals surface area contributed by atoms with E-state index < -0.39 is 18.2 Å². The van der Waals surface area contributed by atoms with Crippen molar-refractivity contribution < 1.29 is 17.9 Å². The Balaban J connectivity index is 2.29. The predicted octanol–water partition coefficient (Wildman–Crippen LogP) is 2.95. The molecule has 2 rings (SSSR count). The lowest BCUT2D eigenvalue weighted by molar-refractivity contribution is -0.0523. The lowest BCUT2D eigenvalue weighted by Gasteiger charge is -2.10. The van der Waals surface area contributed by atoms with Crippen LogP contribution < -0.4 is 10.5 Å². The van der Waals surface area contributed by atoms with Gasteiger partial charge in [0.05, 0.1) is 6.20 Å². The van der Waals surface area contributed by atoms with Gasteiger partial charge in [-0.15, -0.1) is 0 Å². The molecule has 0 spiro atoms. The monoisotopic (exact) mass is 287 g/mol. The third-order valence-corrected chi connectivity index (χ3v) is 3.03. The van der Waals surface area contributed by atoms with Gasteiger partial charge in [0.1, 0.15) is 5.03 Å². The first kappa shape index (κ1) is 13.5. The molecule has 19 heavy (non-hydrogen) atoms. The summed E-state index contributed by atoms with van der Waals surface area (Å²) in [5, 5.41) is 0.504. The van der Waals surface area contributed by atoms with E-state index in [9.17, 15) is 13.2 Å². The van der Waals surface area contributed by atoms with Gasteiger partial charge >= 0.3 is 6.61 Å². The van der Waals surface area contributed by atoms with E-state index in [0.717, 1.165) is 23.9 Å². The van der Waals surface area contributed by atoms with Crippen LogP contribution in [0.15, 0.2) is 40.6 Å². The first-order valence-electron chi connectivity index (χ1n) is 5.04. The number of alkyl halides is 2. The molecule has 0 aliphatic carbocycles. The van der Waals surface area contributed by atoms with Crippen molar-refractivity contribution in [2.45, 2.75) is 16.5 Å². The SMILES string of the molecule is Nc1cc(F)c(OC(F)F)cc1Sc1cnccn1. The highest BCUT2D eigenvalue weighted by Crippen LogP contribution is 2.35. The highest BCUT2D eigenvalue weighted by atomic mass is 32.2. The third-order valence-electron chi connectivity index (χ3n) is 2.03. The molecule has 0 unspecified atom stereocenters. The Morgan fingerprint density at radius 1 is 1.26 bits per heavy atom. The molecule has 1 aromatic heterocycles. The summed E-state index contributed by atoms with van der Waals surface area (Å²) in [6.07, 6.45) is 4.43. The summed E-state index contributed by atoms with van der Waals surface area (Å²) in [6.45, 7) is -3.10. The number of hydrogen-bond donors (Lipinski definition) is 1. The molecule has 0 saturated heterocycles. The predicted molar refractivity (Wildman–Crippen MR) is 63.6 cm³/mol. The summed E-state index contributed by atoms with van der Waals surface area (Å²) in [5.41, 5.74) is 5.72. The average Bonchev–Trinajstić information content (AvgIpc) is 2.36. The fourth-order valence-electron chi connectivity index (χ4n) is 1.28. The van der Waals surface area contributed by atoms with Crippen molar-refractivity contribution in [3.8, 4) is 5.75 Å². The molecule has 2 N–H and O–H groups in total. The maximum Gasteiger partial charge on any atom is 0.387 e. The molecule has 0 aliphatic rings. The van der Waals surface area contributed by atoms with Gasteiger partial charge in [-0.3, -0.25) is 4.98 Å². The molecule has 0 atom stereocenters. The largest absolute Gasteiger partial charge is 0.432 e. The van der Waals surface area contributed by atoms with E-state index >= 15 is 0 Å². The smallest absolute Gasteiger partial charge is 0.387 e. The van der Waals surface area contributed by atoms with Gasteiger partial charge in [-0.05, 0) is 6.07 Å². The Labute approximate surface area is 110 Å². The van der Waals surface area contributed by atoms with Gasteiger partial charge in [-0.2, -0.15) is 8.78 Å². The molecule has 4 nitrogen and oxygen atoms in total. The Bertz CT molecular complexity index is 569. The van der Waals surface area contributed by atoms with Crippen LogP contribution in [0.3, 0.4) is 0 Å². The number of aromatic nitrogens is 2. The molecule has 0 radical (unpaired) electrons. The zero-order chi connectivity index (χ0) is 13.8. The number of benzene rings is 1. The maximum atomic E-state index is 13.4. The van der Waals surface area contributed by atoms with Crippen molar-refractivity contribution in [3.05, 3.63) is 36.5 Å². The number of anilines is 1. The Morgan fingerprint density at radius 2 is 2.05 bits per heavy atom. The first-order valence-corrected chi connectivity index (χ1v) is 5.85. The van der Waals surface area contributed by atoms with E-state index in [1.54, 1.807) is 0 Å². The van der Waals surface area contributed by atoms with E-state index in [-0.39, 0.29) is 5.69 Å².